The SMILES string of the molecule is O=C(NCCc1ccccc1O)c1nc(C2CC2)n2ccccc12. The number of aromatic nitrogens is 2. The number of phenolic OH excluding ortho intramolecular Hbond substituents is 1. The van der Waals surface area contributed by atoms with Crippen molar-refractivity contribution < 1.29 is 9.90 Å². The molecule has 122 valence electrons. The average Bonchev–Trinajstić information content (AvgIpc) is 3.37. The number of aromatic hydroxyl groups is 1. The Balaban J connectivity index is 1.50. The summed E-state index contributed by atoms with van der Waals surface area (Å²) in [6, 6.07) is 13.0. The zero-order valence-corrected chi connectivity index (χ0v) is 13.3. The van der Waals surface area contributed by atoms with Crippen LogP contribution in [0.3, 0.4) is 0 Å². The molecule has 0 aliphatic heterocycles. The second kappa shape index (κ2) is 6.00. The van der Waals surface area contributed by atoms with Crippen LogP contribution in [-0.4, -0.2) is 26.9 Å². The van der Waals surface area contributed by atoms with E-state index in [1.807, 2.05) is 40.9 Å². The highest BCUT2D eigenvalue weighted by molar-refractivity contribution is 5.99. The fraction of sp³-hybridized carbons (Fsp3) is 0.263. The van der Waals surface area contributed by atoms with Gasteiger partial charge in [0.15, 0.2) is 5.69 Å². The number of carbonyl (C=O) groups excluding carboxylic acids is 1. The third-order valence-corrected chi connectivity index (χ3v) is 4.40. The number of nitrogens with one attached hydrogen (secondary N) is 1. The third-order valence-electron chi connectivity index (χ3n) is 4.40. The van der Waals surface area contributed by atoms with Gasteiger partial charge in [-0.05, 0) is 43.0 Å². The van der Waals surface area contributed by atoms with E-state index in [0.717, 1.165) is 29.7 Å². The summed E-state index contributed by atoms with van der Waals surface area (Å²) in [6.07, 6.45) is 4.83. The number of fused-ring (bicyclic) bond motifs is 1. The van der Waals surface area contributed by atoms with E-state index in [1.165, 1.54) is 0 Å². The molecule has 1 amide bonds. The van der Waals surface area contributed by atoms with Gasteiger partial charge in [-0.15, -0.1) is 0 Å². The van der Waals surface area contributed by atoms with Gasteiger partial charge in [-0.1, -0.05) is 24.3 Å². The van der Waals surface area contributed by atoms with Gasteiger partial charge in [0.25, 0.3) is 5.91 Å². The minimum Gasteiger partial charge on any atom is -0.508 e. The molecule has 1 aliphatic carbocycles. The maximum absolute atomic E-state index is 12.5. The van der Waals surface area contributed by atoms with Crippen molar-refractivity contribution in [1.29, 1.82) is 0 Å². The van der Waals surface area contributed by atoms with E-state index >= 15 is 0 Å². The van der Waals surface area contributed by atoms with Crippen LogP contribution >= 0.6 is 0 Å². The zero-order chi connectivity index (χ0) is 16.5. The number of amides is 1. The van der Waals surface area contributed by atoms with E-state index < -0.39 is 0 Å². The lowest BCUT2D eigenvalue weighted by molar-refractivity contribution is 0.0951. The molecule has 0 spiro atoms. The van der Waals surface area contributed by atoms with Gasteiger partial charge < -0.3 is 14.8 Å². The van der Waals surface area contributed by atoms with E-state index in [4.69, 9.17) is 0 Å². The summed E-state index contributed by atoms with van der Waals surface area (Å²) in [4.78, 5) is 17.1. The van der Waals surface area contributed by atoms with Gasteiger partial charge >= 0.3 is 0 Å². The van der Waals surface area contributed by atoms with Crippen molar-refractivity contribution in [3.05, 3.63) is 65.7 Å². The molecule has 1 fully saturated rings. The van der Waals surface area contributed by atoms with E-state index in [-0.39, 0.29) is 11.7 Å². The molecule has 2 aromatic heterocycles. The van der Waals surface area contributed by atoms with Gasteiger partial charge in [-0.2, -0.15) is 0 Å². The first kappa shape index (κ1) is 14.8. The van der Waals surface area contributed by atoms with Crippen LogP contribution in [0, 0.1) is 0 Å². The maximum atomic E-state index is 12.5. The van der Waals surface area contributed by atoms with Crippen molar-refractivity contribution in [2.75, 3.05) is 6.54 Å². The van der Waals surface area contributed by atoms with Crippen molar-refractivity contribution in [3.8, 4) is 5.75 Å². The van der Waals surface area contributed by atoms with Crippen LogP contribution in [-0.2, 0) is 6.42 Å². The van der Waals surface area contributed by atoms with Gasteiger partial charge in [0.2, 0.25) is 0 Å². The van der Waals surface area contributed by atoms with Crippen LogP contribution < -0.4 is 5.32 Å². The number of phenols is 1. The predicted molar refractivity (Wildman–Crippen MR) is 91.3 cm³/mol. The first-order valence-corrected chi connectivity index (χ1v) is 8.26. The molecular weight excluding hydrogens is 302 g/mol. The summed E-state index contributed by atoms with van der Waals surface area (Å²) >= 11 is 0. The normalized spacial score (nSPS) is 14.0. The molecule has 2 N–H and O–H groups in total. The molecule has 0 unspecified atom stereocenters. The molecule has 5 heteroatoms. The van der Waals surface area contributed by atoms with Gasteiger partial charge in [-0.3, -0.25) is 4.79 Å². The number of hydrogen-bond acceptors (Lipinski definition) is 3. The number of rotatable bonds is 5. The fourth-order valence-corrected chi connectivity index (χ4v) is 2.97. The Morgan fingerprint density at radius 3 is 2.79 bits per heavy atom. The zero-order valence-electron chi connectivity index (χ0n) is 13.3. The Labute approximate surface area is 140 Å². The standard InChI is InChI=1S/C19H19N3O2/c23-16-7-2-1-5-13(16)10-11-20-19(24)17-15-6-3-4-12-22(15)18(21-17)14-8-9-14/h1-7,12,14,23H,8-11H2,(H,20,24). The molecule has 0 bridgehead atoms. The Bertz CT molecular complexity index is 897. The topological polar surface area (TPSA) is 66.6 Å². The maximum Gasteiger partial charge on any atom is 0.272 e. The third kappa shape index (κ3) is 2.73. The Morgan fingerprint density at radius 2 is 2.00 bits per heavy atom. The van der Waals surface area contributed by atoms with Crippen LogP contribution in [0.25, 0.3) is 5.52 Å². The summed E-state index contributed by atoms with van der Waals surface area (Å²) in [7, 11) is 0. The highest BCUT2D eigenvalue weighted by Crippen LogP contribution is 2.39. The fourth-order valence-electron chi connectivity index (χ4n) is 2.97. The number of carbonyl (C=O) groups is 1. The van der Waals surface area contributed by atoms with E-state index in [1.54, 1.807) is 12.1 Å². The van der Waals surface area contributed by atoms with Gasteiger partial charge in [-0.25, -0.2) is 4.98 Å². The summed E-state index contributed by atoms with van der Waals surface area (Å²) in [5.41, 5.74) is 2.15. The molecule has 0 saturated heterocycles. The Morgan fingerprint density at radius 1 is 1.21 bits per heavy atom. The largest absolute Gasteiger partial charge is 0.508 e. The molecule has 3 aromatic rings. The number of nitrogens with zero attached hydrogens (tertiary/aromatic N) is 2. The lowest BCUT2D eigenvalue weighted by Crippen LogP contribution is -2.26. The second-order valence-electron chi connectivity index (χ2n) is 6.18. The van der Waals surface area contributed by atoms with Crippen molar-refractivity contribution in [1.82, 2.24) is 14.7 Å². The molecule has 2 heterocycles. The quantitative estimate of drug-likeness (QED) is 0.759. The molecule has 1 saturated carbocycles. The van der Waals surface area contributed by atoms with Crippen molar-refractivity contribution in [3.63, 3.8) is 0 Å². The van der Waals surface area contributed by atoms with Crippen LogP contribution in [0.1, 0.15) is 40.6 Å². The molecule has 4 rings (SSSR count). The highest BCUT2D eigenvalue weighted by Gasteiger charge is 2.30. The number of imidazole rings is 1. The lowest BCUT2D eigenvalue weighted by atomic mass is 10.1. The van der Waals surface area contributed by atoms with E-state index in [9.17, 15) is 9.90 Å². The smallest absolute Gasteiger partial charge is 0.272 e. The first-order valence-electron chi connectivity index (χ1n) is 8.26. The van der Waals surface area contributed by atoms with E-state index in [2.05, 4.69) is 10.3 Å². The highest BCUT2D eigenvalue weighted by atomic mass is 16.3. The molecule has 5 nitrogen and oxygen atoms in total. The number of hydrogen-bond donors (Lipinski definition) is 2. The molecule has 0 radical (unpaired) electrons. The Kier molecular flexibility index (Phi) is 3.69. The number of para-hydroxylation sites is 1. The summed E-state index contributed by atoms with van der Waals surface area (Å²) < 4.78 is 2.02. The van der Waals surface area contributed by atoms with Crippen LogP contribution in [0.2, 0.25) is 0 Å². The van der Waals surface area contributed by atoms with Crippen LogP contribution in [0.4, 0.5) is 0 Å². The van der Waals surface area contributed by atoms with Crippen LogP contribution in [0.5, 0.6) is 5.75 Å². The number of benzene rings is 1. The van der Waals surface area contributed by atoms with Gasteiger partial charge in [0, 0.05) is 18.7 Å². The number of pyridine rings is 1. The van der Waals surface area contributed by atoms with Crippen molar-refractivity contribution in [2.24, 2.45) is 0 Å². The van der Waals surface area contributed by atoms with Gasteiger partial charge in [0.1, 0.15) is 11.6 Å². The average molecular weight is 321 g/mol. The van der Waals surface area contributed by atoms with Crippen molar-refractivity contribution >= 4 is 11.4 Å². The summed E-state index contributed by atoms with van der Waals surface area (Å²) in [6.45, 7) is 0.459. The molecular formula is C19H19N3O2. The predicted octanol–water partition coefficient (Wildman–Crippen LogP) is 2.89. The molecule has 24 heavy (non-hydrogen) atoms. The summed E-state index contributed by atoms with van der Waals surface area (Å²) in [5.74, 6) is 1.55. The Hall–Kier alpha value is -2.82. The van der Waals surface area contributed by atoms with E-state index in [0.29, 0.717) is 24.6 Å². The molecule has 1 aromatic carbocycles. The molecule has 1 aliphatic rings. The van der Waals surface area contributed by atoms with Crippen molar-refractivity contribution in [2.45, 2.75) is 25.2 Å². The molecule has 0 atom stereocenters. The second-order valence-corrected chi connectivity index (χ2v) is 6.18. The summed E-state index contributed by atoms with van der Waals surface area (Å²) in [5, 5.41) is 12.7. The minimum atomic E-state index is -0.166. The van der Waals surface area contributed by atoms with Crippen LogP contribution in [0.15, 0.2) is 48.7 Å². The monoisotopic (exact) mass is 321 g/mol. The lowest BCUT2D eigenvalue weighted by Gasteiger charge is -2.05. The minimum absolute atomic E-state index is 0.166. The first-order chi connectivity index (χ1) is 11.7. The van der Waals surface area contributed by atoms with Gasteiger partial charge in [0.05, 0.1) is 5.52 Å².